The number of aliphatic hydroxyl groups is 1. The van der Waals surface area contributed by atoms with Crippen molar-refractivity contribution >= 4 is 23.2 Å². The Morgan fingerprint density at radius 2 is 2.25 bits per heavy atom. The summed E-state index contributed by atoms with van der Waals surface area (Å²) >= 11 is 5.93. The molecule has 0 spiro atoms. The van der Waals surface area contributed by atoms with Gasteiger partial charge in [0.25, 0.3) is 5.91 Å². The largest absolute Gasteiger partial charge is 0.399 e. The summed E-state index contributed by atoms with van der Waals surface area (Å²) < 4.78 is 5.69. The summed E-state index contributed by atoms with van der Waals surface area (Å²) in [5.74, 6) is -0.158. The maximum atomic E-state index is 12.5. The van der Waals surface area contributed by atoms with Gasteiger partial charge in [-0.2, -0.15) is 0 Å². The molecule has 0 bridgehead atoms. The number of benzene rings is 1. The van der Waals surface area contributed by atoms with E-state index >= 15 is 0 Å². The van der Waals surface area contributed by atoms with Crippen LogP contribution in [0.5, 0.6) is 0 Å². The Balaban J connectivity index is 2.23. The van der Waals surface area contributed by atoms with E-state index in [-0.39, 0.29) is 18.6 Å². The molecule has 0 saturated carbocycles. The van der Waals surface area contributed by atoms with E-state index in [1.807, 2.05) is 13.8 Å². The molecular weight excluding hydrogens is 280 g/mol. The zero-order valence-corrected chi connectivity index (χ0v) is 12.4. The van der Waals surface area contributed by atoms with Crippen molar-refractivity contribution in [3.8, 4) is 0 Å². The first-order chi connectivity index (χ1) is 9.30. The number of anilines is 1. The highest BCUT2D eigenvalue weighted by Crippen LogP contribution is 2.24. The van der Waals surface area contributed by atoms with Crippen molar-refractivity contribution in [2.24, 2.45) is 0 Å². The van der Waals surface area contributed by atoms with Crippen LogP contribution in [-0.4, -0.2) is 47.3 Å². The number of hydrogen-bond donors (Lipinski definition) is 2. The number of ether oxygens (including phenoxy) is 1. The molecule has 20 heavy (non-hydrogen) atoms. The van der Waals surface area contributed by atoms with E-state index in [0.29, 0.717) is 29.4 Å². The Hall–Kier alpha value is -1.30. The maximum absolute atomic E-state index is 12.5. The number of nitrogens with two attached hydrogens (primary N) is 1. The van der Waals surface area contributed by atoms with Crippen LogP contribution in [0.15, 0.2) is 18.2 Å². The second-order valence-corrected chi connectivity index (χ2v) is 6.08. The van der Waals surface area contributed by atoms with Crippen LogP contribution in [0.1, 0.15) is 24.2 Å². The fourth-order valence-electron chi connectivity index (χ4n) is 2.46. The van der Waals surface area contributed by atoms with E-state index in [9.17, 15) is 9.90 Å². The third-order valence-corrected chi connectivity index (χ3v) is 3.36. The van der Waals surface area contributed by atoms with E-state index in [0.717, 1.165) is 0 Å². The molecule has 1 amide bonds. The molecule has 1 atom stereocenters. The number of nitrogens with zero attached hydrogens (tertiary/aromatic N) is 1. The number of halogens is 1. The molecule has 1 aromatic carbocycles. The van der Waals surface area contributed by atoms with Crippen molar-refractivity contribution < 1.29 is 14.6 Å². The Morgan fingerprint density at radius 1 is 1.55 bits per heavy atom. The van der Waals surface area contributed by atoms with Crippen LogP contribution in [0, 0.1) is 0 Å². The maximum Gasteiger partial charge on any atom is 0.254 e. The van der Waals surface area contributed by atoms with Gasteiger partial charge in [0.05, 0.1) is 18.3 Å². The molecule has 0 aromatic heterocycles. The Bertz CT molecular complexity index is 499. The average Bonchev–Trinajstić information content (AvgIpc) is 2.34. The van der Waals surface area contributed by atoms with E-state index in [1.165, 1.54) is 0 Å². The summed E-state index contributed by atoms with van der Waals surface area (Å²) in [4.78, 5) is 14.2. The Labute approximate surface area is 123 Å². The minimum atomic E-state index is -0.495. The highest BCUT2D eigenvalue weighted by Gasteiger charge is 2.35. The van der Waals surface area contributed by atoms with Gasteiger partial charge in [0, 0.05) is 29.4 Å². The lowest BCUT2D eigenvalue weighted by Crippen LogP contribution is -2.55. The number of nitrogen functional groups attached to an aromatic ring is 1. The normalized spacial score (nSPS) is 21.8. The molecule has 5 nitrogen and oxygen atoms in total. The van der Waals surface area contributed by atoms with Gasteiger partial charge in [-0.15, -0.1) is 0 Å². The minimum Gasteiger partial charge on any atom is -0.399 e. The third kappa shape index (κ3) is 3.42. The van der Waals surface area contributed by atoms with E-state index in [2.05, 4.69) is 0 Å². The first kappa shape index (κ1) is 15.1. The summed E-state index contributed by atoms with van der Waals surface area (Å²) in [6.07, 6.45) is -0.376. The minimum absolute atomic E-state index is 0.120. The van der Waals surface area contributed by atoms with Crippen LogP contribution in [0.3, 0.4) is 0 Å². The van der Waals surface area contributed by atoms with Crippen LogP contribution in [0.25, 0.3) is 0 Å². The van der Waals surface area contributed by atoms with Crippen molar-refractivity contribution in [2.45, 2.75) is 25.6 Å². The van der Waals surface area contributed by atoms with Crippen LogP contribution < -0.4 is 5.73 Å². The first-order valence-corrected chi connectivity index (χ1v) is 6.82. The molecule has 1 unspecified atom stereocenters. The lowest BCUT2D eigenvalue weighted by molar-refractivity contribution is -0.139. The number of aliphatic hydroxyl groups excluding tert-OH is 1. The average molecular weight is 299 g/mol. The monoisotopic (exact) mass is 298 g/mol. The number of amides is 1. The molecular formula is C14H19ClN2O3. The molecule has 6 heteroatoms. The molecule has 110 valence electrons. The summed E-state index contributed by atoms with van der Waals surface area (Å²) in [5, 5.41) is 9.71. The van der Waals surface area contributed by atoms with E-state index in [4.69, 9.17) is 22.1 Å². The molecule has 1 aliphatic rings. The lowest BCUT2D eigenvalue weighted by atomic mass is 10.0. The predicted octanol–water partition coefficient (Wildman–Crippen LogP) is 1.53. The van der Waals surface area contributed by atoms with Crippen molar-refractivity contribution in [3.63, 3.8) is 0 Å². The number of morpholine rings is 1. The van der Waals surface area contributed by atoms with Crippen LogP contribution >= 0.6 is 11.6 Å². The quantitative estimate of drug-likeness (QED) is 0.812. The topological polar surface area (TPSA) is 75.8 Å². The molecule has 3 N–H and O–H groups in total. The predicted molar refractivity (Wildman–Crippen MR) is 77.8 cm³/mol. The summed E-state index contributed by atoms with van der Waals surface area (Å²) in [5.41, 5.74) is 6.12. The van der Waals surface area contributed by atoms with Gasteiger partial charge in [0.15, 0.2) is 0 Å². The molecule has 2 rings (SSSR count). The smallest absolute Gasteiger partial charge is 0.254 e. The molecule has 1 fully saturated rings. The molecule has 1 saturated heterocycles. The number of carbonyl (C=O) groups excluding carboxylic acids is 1. The van der Waals surface area contributed by atoms with Gasteiger partial charge < -0.3 is 20.5 Å². The van der Waals surface area contributed by atoms with Crippen molar-refractivity contribution in [2.75, 3.05) is 25.4 Å². The second-order valence-electron chi connectivity index (χ2n) is 5.64. The van der Waals surface area contributed by atoms with E-state index in [1.54, 1.807) is 23.1 Å². The van der Waals surface area contributed by atoms with Crippen molar-refractivity contribution in [1.29, 1.82) is 0 Å². The summed E-state index contributed by atoms with van der Waals surface area (Å²) in [6.45, 7) is 4.47. The van der Waals surface area contributed by atoms with Crippen LogP contribution in [-0.2, 0) is 4.74 Å². The first-order valence-electron chi connectivity index (χ1n) is 6.45. The van der Waals surface area contributed by atoms with E-state index < -0.39 is 5.60 Å². The molecule has 1 aromatic rings. The highest BCUT2D eigenvalue weighted by molar-refractivity contribution is 6.31. The third-order valence-electron chi connectivity index (χ3n) is 3.14. The van der Waals surface area contributed by atoms with Crippen LogP contribution in [0.4, 0.5) is 5.69 Å². The van der Waals surface area contributed by atoms with Gasteiger partial charge in [-0.1, -0.05) is 11.6 Å². The van der Waals surface area contributed by atoms with Crippen LogP contribution in [0.2, 0.25) is 5.02 Å². The lowest BCUT2D eigenvalue weighted by Gasteiger charge is -2.42. The van der Waals surface area contributed by atoms with Gasteiger partial charge in [-0.25, -0.2) is 0 Å². The van der Waals surface area contributed by atoms with Crippen molar-refractivity contribution in [3.05, 3.63) is 28.8 Å². The number of hydrogen-bond acceptors (Lipinski definition) is 4. The zero-order valence-electron chi connectivity index (χ0n) is 11.6. The second kappa shape index (κ2) is 5.60. The zero-order chi connectivity index (χ0) is 14.9. The molecule has 1 heterocycles. The highest BCUT2D eigenvalue weighted by atomic mass is 35.5. The SMILES string of the molecule is CC1(C)CN(C(=O)c2cc(N)cc(Cl)c2)CC(CO)O1. The summed E-state index contributed by atoms with van der Waals surface area (Å²) in [6, 6.07) is 4.79. The Morgan fingerprint density at radius 3 is 2.85 bits per heavy atom. The van der Waals surface area contributed by atoms with Gasteiger partial charge in [0.2, 0.25) is 0 Å². The summed E-state index contributed by atoms with van der Waals surface area (Å²) in [7, 11) is 0. The number of carbonyl (C=O) groups is 1. The van der Waals surface area contributed by atoms with Gasteiger partial charge >= 0.3 is 0 Å². The Kier molecular flexibility index (Phi) is 4.22. The fraction of sp³-hybridized carbons (Fsp3) is 0.500. The standard InChI is InChI=1S/C14H19ClN2O3/c1-14(2)8-17(6-12(7-18)20-14)13(19)9-3-10(15)5-11(16)4-9/h3-5,12,18H,6-8,16H2,1-2H3. The van der Waals surface area contributed by atoms with Gasteiger partial charge in [-0.05, 0) is 32.0 Å². The molecule has 0 radical (unpaired) electrons. The fourth-order valence-corrected chi connectivity index (χ4v) is 2.71. The van der Waals surface area contributed by atoms with Gasteiger partial charge in [-0.3, -0.25) is 4.79 Å². The van der Waals surface area contributed by atoms with Crippen molar-refractivity contribution in [1.82, 2.24) is 4.90 Å². The molecule has 1 aliphatic heterocycles. The molecule has 0 aliphatic carbocycles. The number of rotatable bonds is 2. The van der Waals surface area contributed by atoms with Gasteiger partial charge in [0.1, 0.15) is 0 Å².